The van der Waals surface area contributed by atoms with Gasteiger partial charge in [0, 0.05) is 26.3 Å². The first-order valence-electron chi connectivity index (χ1n) is 5.27. The highest BCUT2D eigenvalue weighted by atomic mass is 16.3. The predicted octanol–water partition coefficient (Wildman–Crippen LogP) is 0.482. The van der Waals surface area contributed by atoms with Crippen LogP contribution < -0.4 is 0 Å². The number of β-amino-alcohol motifs (C(OH)–C–C–N with tert-alkyl or cyclic N) is 1. The zero-order valence-corrected chi connectivity index (χ0v) is 9.21. The molecule has 0 aliphatic carbocycles. The molecule has 5 heteroatoms. The van der Waals surface area contributed by atoms with Crippen molar-refractivity contribution >= 4 is 6.03 Å². The van der Waals surface area contributed by atoms with Crippen LogP contribution in [0.3, 0.4) is 0 Å². The van der Waals surface area contributed by atoms with Crippen molar-refractivity contribution in [2.24, 2.45) is 0 Å². The lowest BCUT2D eigenvalue weighted by Crippen LogP contribution is -2.33. The zero-order valence-electron chi connectivity index (χ0n) is 9.21. The molecule has 1 N–H and O–H groups in total. The summed E-state index contributed by atoms with van der Waals surface area (Å²) in [5, 5.41) is 8.96. The largest absolute Gasteiger partial charge is 0.395 e. The summed E-state index contributed by atoms with van der Waals surface area (Å²) in [6, 6.07) is 5.56. The molecule has 2 rings (SSSR count). The number of aliphatic hydroxyl groups is 1. The van der Waals surface area contributed by atoms with E-state index < -0.39 is 0 Å². The summed E-state index contributed by atoms with van der Waals surface area (Å²) in [6.45, 7) is 0.948. The fourth-order valence-electron chi connectivity index (χ4n) is 1.97. The maximum absolute atomic E-state index is 11.8. The van der Waals surface area contributed by atoms with E-state index in [2.05, 4.69) is 4.98 Å². The number of pyridine rings is 1. The predicted molar refractivity (Wildman–Crippen MR) is 58.8 cm³/mol. The fourth-order valence-corrected chi connectivity index (χ4v) is 1.97. The molecule has 1 aliphatic rings. The SMILES string of the molecule is CN1CC(c2ccccn2)N(CCO)C1=O. The smallest absolute Gasteiger partial charge is 0.320 e. The van der Waals surface area contributed by atoms with Gasteiger partial charge < -0.3 is 14.9 Å². The monoisotopic (exact) mass is 221 g/mol. The number of hydrogen-bond donors (Lipinski definition) is 1. The topological polar surface area (TPSA) is 56.7 Å². The summed E-state index contributed by atoms with van der Waals surface area (Å²) in [7, 11) is 1.76. The third kappa shape index (κ3) is 1.86. The average Bonchev–Trinajstić information content (AvgIpc) is 2.59. The Bertz CT molecular complexity index is 369. The summed E-state index contributed by atoms with van der Waals surface area (Å²) in [5.74, 6) is 0. The van der Waals surface area contributed by atoms with E-state index in [1.807, 2.05) is 18.2 Å². The Kier molecular flexibility index (Phi) is 3.05. The number of aliphatic hydroxyl groups excluding tert-OH is 1. The molecule has 2 heterocycles. The van der Waals surface area contributed by atoms with E-state index in [4.69, 9.17) is 5.11 Å². The highest BCUT2D eigenvalue weighted by Crippen LogP contribution is 2.26. The minimum atomic E-state index is -0.0512. The Labute approximate surface area is 94.3 Å². The number of urea groups is 1. The molecular weight excluding hydrogens is 206 g/mol. The van der Waals surface area contributed by atoms with E-state index in [0.29, 0.717) is 13.1 Å². The molecule has 5 nitrogen and oxygen atoms in total. The second-order valence-corrected chi connectivity index (χ2v) is 3.85. The summed E-state index contributed by atoms with van der Waals surface area (Å²) in [6.07, 6.45) is 1.72. The molecule has 16 heavy (non-hydrogen) atoms. The molecule has 1 atom stereocenters. The summed E-state index contributed by atoms with van der Waals surface area (Å²) < 4.78 is 0. The standard InChI is InChI=1S/C11H15N3O2/c1-13-8-10(9-4-2-3-5-12-9)14(6-7-15)11(13)16/h2-5,10,15H,6-8H2,1H3. The number of amides is 2. The minimum absolute atomic E-state index is 0.0249. The van der Waals surface area contributed by atoms with Gasteiger partial charge in [-0.05, 0) is 12.1 Å². The lowest BCUT2D eigenvalue weighted by Gasteiger charge is -2.21. The van der Waals surface area contributed by atoms with Crippen molar-refractivity contribution in [3.63, 3.8) is 0 Å². The van der Waals surface area contributed by atoms with Crippen LogP contribution in [0.4, 0.5) is 4.79 Å². The van der Waals surface area contributed by atoms with Crippen LogP contribution in [0.25, 0.3) is 0 Å². The number of likely N-dealkylation sites (N-methyl/N-ethyl adjacent to an activating group) is 1. The third-order valence-corrected chi connectivity index (χ3v) is 2.77. The Morgan fingerprint density at radius 2 is 2.38 bits per heavy atom. The van der Waals surface area contributed by atoms with E-state index in [-0.39, 0.29) is 18.7 Å². The first-order valence-corrected chi connectivity index (χ1v) is 5.27. The van der Waals surface area contributed by atoms with Gasteiger partial charge in [0.25, 0.3) is 0 Å². The van der Waals surface area contributed by atoms with Gasteiger partial charge in [-0.1, -0.05) is 6.07 Å². The maximum atomic E-state index is 11.8. The maximum Gasteiger partial charge on any atom is 0.320 e. The van der Waals surface area contributed by atoms with Crippen molar-refractivity contribution < 1.29 is 9.90 Å². The van der Waals surface area contributed by atoms with E-state index in [1.165, 1.54) is 0 Å². The van der Waals surface area contributed by atoms with Crippen LogP contribution in [-0.4, -0.2) is 52.7 Å². The van der Waals surface area contributed by atoms with Crippen molar-refractivity contribution in [1.82, 2.24) is 14.8 Å². The second-order valence-electron chi connectivity index (χ2n) is 3.85. The lowest BCUT2D eigenvalue weighted by molar-refractivity contribution is 0.171. The second kappa shape index (κ2) is 4.49. The zero-order chi connectivity index (χ0) is 11.5. The molecule has 1 fully saturated rings. The third-order valence-electron chi connectivity index (χ3n) is 2.77. The Hall–Kier alpha value is -1.62. The summed E-state index contributed by atoms with van der Waals surface area (Å²) in [5.41, 5.74) is 0.869. The van der Waals surface area contributed by atoms with Crippen LogP contribution in [0.5, 0.6) is 0 Å². The van der Waals surface area contributed by atoms with E-state index >= 15 is 0 Å². The van der Waals surface area contributed by atoms with Crippen LogP contribution >= 0.6 is 0 Å². The van der Waals surface area contributed by atoms with Crippen molar-refractivity contribution in [3.8, 4) is 0 Å². The van der Waals surface area contributed by atoms with Gasteiger partial charge in [-0.25, -0.2) is 4.79 Å². The van der Waals surface area contributed by atoms with Gasteiger partial charge >= 0.3 is 6.03 Å². The van der Waals surface area contributed by atoms with Gasteiger partial charge in [-0.2, -0.15) is 0 Å². The lowest BCUT2D eigenvalue weighted by atomic mass is 10.2. The van der Waals surface area contributed by atoms with E-state index in [1.54, 1.807) is 23.0 Å². The van der Waals surface area contributed by atoms with Gasteiger partial charge in [0.2, 0.25) is 0 Å². The van der Waals surface area contributed by atoms with E-state index in [0.717, 1.165) is 5.69 Å². The highest BCUT2D eigenvalue weighted by Gasteiger charge is 2.36. The number of carbonyl (C=O) groups is 1. The molecule has 1 aliphatic heterocycles. The number of carbonyl (C=O) groups excluding carboxylic acids is 1. The average molecular weight is 221 g/mol. The van der Waals surface area contributed by atoms with Crippen molar-refractivity contribution in [1.29, 1.82) is 0 Å². The summed E-state index contributed by atoms with van der Waals surface area (Å²) >= 11 is 0. The first kappa shape index (κ1) is 10.9. The molecule has 0 spiro atoms. The Morgan fingerprint density at radius 1 is 1.56 bits per heavy atom. The van der Waals surface area contributed by atoms with Gasteiger partial charge in [0.15, 0.2) is 0 Å². The molecule has 1 aromatic heterocycles. The Morgan fingerprint density at radius 3 is 3.00 bits per heavy atom. The molecule has 0 aromatic carbocycles. The fraction of sp³-hybridized carbons (Fsp3) is 0.455. The minimum Gasteiger partial charge on any atom is -0.395 e. The molecule has 2 amide bonds. The number of rotatable bonds is 3. The van der Waals surface area contributed by atoms with Crippen molar-refractivity contribution in [2.75, 3.05) is 26.7 Å². The van der Waals surface area contributed by atoms with Crippen LogP contribution in [0, 0.1) is 0 Å². The van der Waals surface area contributed by atoms with Gasteiger partial charge in [0.05, 0.1) is 18.3 Å². The van der Waals surface area contributed by atoms with Crippen LogP contribution in [0.1, 0.15) is 11.7 Å². The molecule has 1 saturated heterocycles. The summed E-state index contributed by atoms with van der Waals surface area (Å²) in [4.78, 5) is 19.4. The molecular formula is C11H15N3O2. The number of nitrogens with zero attached hydrogens (tertiary/aromatic N) is 3. The molecule has 0 bridgehead atoms. The van der Waals surface area contributed by atoms with Gasteiger partial charge in [-0.3, -0.25) is 4.98 Å². The van der Waals surface area contributed by atoms with Crippen molar-refractivity contribution in [3.05, 3.63) is 30.1 Å². The van der Waals surface area contributed by atoms with Crippen LogP contribution in [-0.2, 0) is 0 Å². The molecule has 86 valence electrons. The molecule has 1 aromatic rings. The first-order chi connectivity index (χ1) is 7.74. The number of hydrogen-bond acceptors (Lipinski definition) is 3. The van der Waals surface area contributed by atoms with Crippen LogP contribution in [0.15, 0.2) is 24.4 Å². The highest BCUT2D eigenvalue weighted by molar-refractivity contribution is 5.77. The molecule has 1 unspecified atom stereocenters. The van der Waals surface area contributed by atoms with Crippen molar-refractivity contribution in [2.45, 2.75) is 6.04 Å². The Balaban J connectivity index is 2.23. The number of aromatic nitrogens is 1. The van der Waals surface area contributed by atoms with Gasteiger partial charge in [0.1, 0.15) is 0 Å². The van der Waals surface area contributed by atoms with E-state index in [9.17, 15) is 4.79 Å². The molecule has 0 saturated carbocycles. The quantitative estimate of drug-likeness (QED) is 0.807. The molecule has 0 radical (unpaired) electrons. The normalized spacial score (nSPS) is 20.6. The van der Waals surface area contributed by atoms with Crippen LogP contribution in [0.2, 0.25) is 0 Å². The van der Waals surface area contributed by atoms with Gasteiger partial charge in [-0.15, -0.1) is 0 Å².